The lowest BCUT2D eigenvalue weighted by molar-refractivity contribution is 0.310. The molecule has 1 heterocycles. The van der Waals surface area contributed by atoms with Gasteiger partial charge in [-0.2, -0.15) is 0 Å². The lowest BCUT2D eigenvalue weighted by atomic mass is 10.3. The highest BCUT2D eigenvalue weighted by atomic mass is 79.9. The van der Waals surface area contributed by atoms with Crippen molar-refractivity contribution in [1.82, 2.24) is 5.32 Å². The summed E-state index contributed by atoms with van der Waals surface area (Å²) >= 11 is 5.25. The maximum atomic E-state index is 5.77. The van der Waals surface area contributed by atoms with Crippen LogP contribution in [0.2, 0.25) is 0 Å². The minimum Gasteiger partial charge on any atom is -0.488 e. The topological polar surface area (TPSA) is 21.3 Å². The predicted octanol–water partition coefficient (Wildman–Crippen LogP) is 4.34. The van der Waals surface area contributed by atoms with Crippen LogP contribution in [0.15, 0.2) is 40.9 Å². The zero-order valence-corrected chi connectivity index (χ0v) is 13.0. The summed E-state index contributed by atoms with van der Waals surface area (Å²) < 4.78 is 6.84. The van der Waals surface area contributed by atoms with E-state index in [0.29, 0.717) is 6.61 Å². The molecule has 1 N–H and O–H groups in total. The summed E-state index contributed by atoms with van der Waals surface area (Å²) in [6.07, 6.45) is 2.68. The molecule has 2 aromatic rings. The van der Waals surface area contributed by atoms with Crippen molar-refractivity contribution >= 4 is 27.3 Å². The van der Waals surface area contributed by atoms with E-state index in [1.165, 1.54) is 22.6 Å². The van der Waals surface area contributed by atoms with E-state index in [2.05, 4.69) is 33.4 Å². The van der Waals surface area contributed by atoms with Crippen molar-refractivity contribution in [3.8, 4) is 5.75 Å². The first-order chi connectivity index (χ1) is 9.29. The number of nitrogens with one attached hydrogen (secondary N) is 1. The molecular formula is C15H16BrNOS. The maximum Gasteiger partial charge on any atom is 0.122 e. The molecule has 1 aliphatic rings. The molecule has 0 radical (unpaired) electrons. The molecule has 0 spiro atoms. The number of rotatable bonds is 6. The number of benzene rings is 1. The fourth-order valence-electron chi connectivity index (χ4n) is 1.81. The van der Waals surface area contributed by atoms with Gasteiger partial charge in [0.05, 0.1) is 0 Å². The van der Waals surface area contributed by atoms with Gasteiger partial charge in [-0.15, -0.1) is 11.3 Å². The number of thiophene rings is 1. The highest BCUT2D eigenvalue weighted by molar-refractivity contribution is 9.10. The van der Waals surface area contributed by atoms with Crippen LogP contribution in [0, 0.1) is 0 Å². The minimum atomic E-state index is 0.649. The molecule has 1 saturated carbocycles. The first-order valence-corrected chi connectivity index (χ1v) is 8.10. The second-order valence-electron chi connectivity index (χ2n) is 4.77. The lowest BCUT2D eigenvalue weighted by Gasteiger charge is -2.04. The molecule has 0 aliphatic heterocycles. The van der Waals surface area contributed by atoms with Gasteiger partial charge < -0.3 is 10.1 Å². The van der Waals surface area contributed by atoms with Crippen molar-refractivity contribution in [2.45, 2.75) is 32.0 Å². The Bertz CT molecular complexity index is 533. The van der Waals surface area contributed by atoms with E-state index < -0.39 is 0 Å². The van der Waals surface area contributed by atoms with Gasteiger partial charge in [0.2, 0.25) is 0 Å². The second-order valence-corrected chi connectivity index (χ2v) is 6.93. The SMILES string of the molecule is Brc1ccc(OCc2ccc(CNC3CC3)s2)cc1. The van der Waals surface area contributed by atoms with E-state index in [9.17, 15) is 0 Å². The van der Waals surface area contributed by atoms with Crippen molar-refractivity contribution < 1.29 is 4.74 Å². The summed E-state index contributed by atoms with van der Waals surface area (Å²) in [7, 11) is 0. The molecule has 4 heteroatoms. The van der Waals surface area contributed by atoms with Gasteiger partial charge >= 0.3 is 0 Å². The molecule has 0 unspecified atom stereocenters. The summed E-state index contributed by atoms with van der Waals surface area (Å²) in [4.78, 5) is 2.66. The van der Waals surface area contributed by atoms with Crippen LogP contribution in [0.25, 0.3) is 0 Å². The van der Waals surface area contributed by atoms with Gasteiger partial charge in [-0.1, -0.05) is 15.9 Å². The summed E-state index contributed by atoms with van der Waals surface area (Å²) in [5.41, 5.74) is 0. The van der Waals surface area contributed by atoms with E-state index in [1.807, 2.05) is 35.6 Å². The Balaban J connectivity index is 1.50. The zero-order chi connectivity index (χ0) is 13.1. The molecular weight excluding hydrogens is 322 g/mol. The third-order valence-corrected chi connectivity index (χ3v) is 4.64. The largest absolute Gasteiger partial charge is 0.488 e. The maximum absolute atomic E-state index is 5.77. The van der Waals surface area contributed by atoms with Crippen LogP contribution in [0.3, 0.4) is 0 Å². The molecule has 100 valence electrons. The summed E-state index contributed by atoms with van der Waals surface area (Å²) in [5, 5.41) is 3.53. The third kappa shape index (κ3) is 4.06. The molecule has 2 nitrogen and oxygen atoms in total. The molecule has 1 aromatic carbocycles. The van der Waals surface area contributed by atoms with Gasteiger partial charge in [0.1, 0.15) is 12.4 Å². The Morgan fingerprint density at radius 2 is 1.84 bits per heavy atom. The minimum absolute atomic E-state index is 0.649. The first kappa shape index (κ1) is 13.2. The van der Waals surface area contributed by atoms with Crippen LogP contribution in [-0.2, 0) is 13.2 Å². The quantitative estimate of drug-likeness (QED) is 0.846. The Morgan fingerprint density at radius 3 is 2.58 bits per heavy atom. The number of ether oxygens (including phenoxy) is 1. The van der Waals surface area contributed by atoms with E-state index >= 15 is 0 Å². The average Bonchev–Trinajstić information content (AvgIpc) is 3.15. The van der Waals surface area contributed by atoms with E-state index in [0.717, 1.165) is 22.8 Å². The van der Waals surface area contributed by atoms with Crippen molar-refractivity contribution in [1.29, 1.82) is 0 Å². The van der Waals surface area contributed by atoms with Crippen molar-refractivity contribution in [2.75, 3.05) is 0 Å². The van der Waals surface area contributed by atoms with Gasteiger partial charge in [-0.3, -0.25) is 0 Å². The zero-order valence-electron chi connectivity index (χ0n) is 10.6. The van der Waals surface area contributed by atoms with Gasteiger partial charge in [-0.05, 0) is 49.2 Å². The van der Waals surface area contributed by atoms with Gasteiger partial charge in [0.25, 0.3) is 0 Å². The van der Waals surface area contributed by atoms with Crippen LogP contribution in [0.1, 0.15) is 22.6 Å². The van der Waals surface area contributed by atoms with Crippen LogP contribution < -0.4 is 10.1 Å². The second kappa shape index (κ2) is 6.07. The lowest BCUT2D eigenvalue weighted by Crippen LogP contribution is -2.14. The van der Waals surface area contributed by atoms with Gasteiger partial charge in [0.15, 0.2) is 0 Å². The fourth-order valence-corrected chi connectivity index (χ4v) is 2.96. The molecule has 0 bridgehead atoms. The van der Waals surface area contributed by atoms with Crippen LogP contribution in [0.4, 0.5) is 0 Å². The highest BCUT2D eigenvalue weighted by Gasteiger charge is 2.20. The highest BCUT2D eigenvalue weighted by Crippen LogP contribution is 2.23. The summed E-state index contributed by atoms with van der Waals surface area (Å²) in [6.45, 7) is 1.64. The molecule has 0 amide bonds. The van der Waals surface area contributed by atoms with Gasteiger partial charge in [0, 0.05) is 26.8 Å². The summed E-state index contributed by atoms with van der Waals surface area (Å²) in [5.74, 6) is 0.911. The Labute approximate surface area is 125 Å². The van der Waals surface area contributed by atoms with Crippen LogP contribution in [-0.4, -0.2) is 6.04 Å². The van der Waals surface area contributed by atoms with E-state index in [-0.39, 0.29) is 0 Å². The molecule has 0 saturated heterocycles. The standard InChI is InChI=1S/C15H16BrNOS/c16-11-1-5-13(6-2-11)18-10-15-8-7-14(19-15)9-17-12-3-4-12/h1-2,5-8,12,17H,3-4,9-10H2. The number of hydrogen-bond acceptors (Lipinski definition) is 3. The van der Waals surface area contributed by atoms with Crippen molar-refractivity contribution in [2.24, 2.45) is 0 Å². The molecule has 1 aromatic heterocycles. The van der Waals surface area contributed by atoms with Gasteiger partial charge in [-0.25, -0.2) is 0 Å². The molecule has 0 atom stereocenters. The fraction of sp³-hybridized carbons (Fsp3) is 0.333. The van der Waals surface area contributed by atoms with Crippen molar-refractivity contribution in [3.05, 3.63) is 50.6 Å². The van der Waals surface area contributed by atoms with Crippen LogP contribution in [0.5, 0.6) is 5.75 Å². The predicted molar refractivity (Wildman–Crippen MR) is 82.7 cm³/mol. The Morgan fingerprint density at radius 1 is 1.11 bits per heavy atom. The average molecular weight is 338 g/mol. The smallest absolute Gasteiger partial charge is 0.122 e. The molecule has 1 aliphatic carbocycles. The van der Waals surface area contributed by atoms with E-state index in [4.69, 9.17) is 4.74 Å². The molecule has 3 rings (SSSR count). The molecule has 1 fully saturated rings. The van der Waals surface area contributed by atoms with Crippen molar-refractivity contribution in [3.63, 3.8) is 0 Å². The molecule has 19 heavy (non-hydrogen) atoms. The third-order valence-electron chi connectivity index (χ3n) is 3.05. The van der Waals surface area contributed by atoms with Crippen LogP contribution >= 0.6 is 27.3 Å². The Hall–Kier alpha value is -0.840. The number of hydrogen-bond donors (Lipinski definition) is 1. The monoisotopic (exact) mass is 337 g/mol. The normalized spacial score (nSPS) is 14.6. The van der Waals surface area contributed by atoms with E-state index in [1.54, 1.807) is 0 Å². The Kier molecular flexibility index (Phi) is 4.21. The number of halogens is 1. The summed E-state index contributed by atoms with van der Waals surface area (Å²) in [6, 6.07) is 13.1. The first-order valence-electron chi connectivity index (χ1n) is 6.49.